The van der Waals surface area contributed by atoms with Crippen molar-refractivity contribution in [3.63, 3.8) is 0 Å². The molecule has 0 fully saturated rings. The first-order chi connectivity index (χ1) is 10.1. The summed E-state index contributed by atoms with van der Waals surface area (Å²) in [5.74, 6) is 0.944. The van der Waals surface area contributed by atoms with E-state index < -0.39 is 0 Å². The zero-order valence-corrected chi connectivity index (χ0v) is 14.3. The molecule has 0 spiro atoms. The van der Waals surface area contributed by atoms with Gasteiger partial charge in [-0.1, -0.05) is 13.8 Å². The van der Waals surface area contributed by atoms with Crippen LogP contribution in [-0.2, 0) is 11.2 Å². The molecule has 0 amide bonds. The van der Waals surface area contributed by atoms with Crippen molar-refractivity contribution in [1.82, 2.24) is 10.3 Å². The third-order valence-electron chi connectivity index (χ3n) is 3.97. The molecule has 0 bridgehead atoms. The van der Waals surface area contributed by atoms with Crippen molar-refractivity contribution >= 4 is 0 Å². The Kier molecular flexibility index (Phi) is 7.68. The molecule has 1 N–H and O–H groups in total. The van der Waals surface area contributed by atoms with Crippen molar-refractivity contribution in [3.8, 4) is 5.75 Å². The van der Waals surface area contributed by atoms with Gasteiger partial charge in [0.25, 0.3) is 0 Å². The predicted molar refractivity (Wildman–Crippen MR) is 87.1 cm³/mol. The van der Waals surface area contributed by atoms with Gasteiger partial charge >= 0.3 is 0 Å². The van der Waals surface area contributed by atoms with Crippen LogP contribution in [0, 0.1) is 13.8 Å². The van der Waals surface area contributed by atoms with Crippen LogP contribution >= 0.6 is 0 Å². The summed E-state index contributed by atoms with van der Waals surface area (Å²) in [5, 5.41) is 3.59. The van der Waals surface area contributed by atoms with Crippen molar-refractivity contribution in [2.24, 2.45) is 0 Å². The molecule has 2 unspecified atom stereocenters. The van der Waals surface area contributed by atoms with Gasteiger partial charge in [-0.25, -0.2) is 0 Å². The van der Waals surface area contributed by atoms with Crippen molar-refractivity contribution in [2.75, 3.05) is 20.8 Å². The Balaban J connectivity index is 2.97. The summed E-state index contributed by atoms with van der Waals surface area (Å²) < 4.78 is 11.1. The van der Waals surface area contributed by atoms with Crippen LogP contribution in [0.1, 0.15) is 43.5 Å². The second-order valence-electron chi connectivity index (χ2n) is 5.49. The minimum Gasteiger partial charge on any atom is -0.496 e. The number of pyridine rings is 1. The molecule has 120 valence electrons. The van der Waals surface area contributed by atoms with Gasteiger partial charge < -0.3 is 14.8 Å². The standard InChI is InChI=1S/C17H30N2O2/c1-7-9-18-15(16(8-2)20-5)10-14-13(4)17(21-6)12(3)11-19-14/h11,15-16,18H,7-10H2,1-6H3. The fraction of sp³-hybridized carbons (Fsp3) is 0.706. The zero-order chi connectivity index (χ0) is 15.8. The third-order valence-corrected chi connectivity index (χ3v) is 3.97. The van der Waals surface area contributed by atoms with E-state index in [1.807, 2.05) is 13.1 Å². The summed E-state index contributed by atoms with van der Waals surface area (Å²) in [6, 6.07) is 0.276. The lowest BCUT2D eigenvalue weighted by molar-refractivity contribution is 0.0650. The van der Waals surface area contributed by atoms with Crippen LogP contribution < -0.4 is 10.1 Å². The number of rotatable bonds is 9. The Labute approximate surface area is 129 Å². The maximum atomic E-state index is 5.63. The topological polar surface area (TPSA) is 43.4 Å². The van der Waals surface area contributed by atoms with Crippen LogP contribution in [0.15, 0.2) is 6.20 Å². The molecule has 2 atom stereocenters. The monoisotopic (exact) mass is 294 g/mol. The quantitative estimate of drug-likeness (QED) is 0.760. The van der Waals surface area contributed by atoms with Gasteiger partial charge in [0.05, 0.1) is 13.2 Å². The number of nitrogens with one attached hydrogen (secondary N) is 1. The summed E-state index contributed by atoms with van der Waals surface area (Å²) in [4.78, 5) is 4.61. The summed E-state index contributed by atoms with van der Waals surface area (Å²) in [6.45, 7) is 9.44. The highest BCUT2D eigenvalue weighted by atomic mass is 16.5. The molecule has 0 aliphatic heterocycles. The Bertz CT molecular complexity index is 431. The molecule has 21 heavy (non-hydrogen) atoms. The average molecular weight is 294 g/mol. The fourth-order valence-corrected chi connectivity index (χ4v) is 2.77. The van der Waals surface area contributed by atoms with Crippen molar-refractivity contribution < 1.29 is 9.47 Å². The Hall–Kier alpha value is -1.13. The Morgan fingerprint density at radius 1 is 1.24 bits per heavy atom. The van der Waals surface area contributed by atoms with Gasteiger partial charge in [0, 0.05) is 42.6 Å². The molecular formula is C17H30N2O2. The molecule has 1 aromatic rings. The van der Waals surface area contributed by atoms with Crippen LogP contribution in [0.2, 0.25) is 0 Å². The number of methoxy groups -OCH3 is 2. The minimum absolute atomic E-state index is 0.199. The molecular weight excluding hydrogens is 264 g/mol. The SMILES string of the molecule is CCCNC(Cc1ncc(C)c(OC)c1C)C(CC)OC. The number of hydrogen-bond donors (Lipinski definition) is 1. The normalized spacial score (nSPS) is 14.0. The number of nitrogens with zero attached hydrogens (tertiary/aromatic N) is 1. The summed E-state index contributed by atoms with van der Waals surface area (Å²) in [7, 11) is 3.50. The second kappa shape index (κ2) is 9.00. The van der Waals surface area contributed by atoms with Gasteiger partial charge in [0.15, 0.2) is 0 Å². The molecule has 1 heterocycles. The van der Waals surface area contributed by atoms with E-state index in [2.05, 4.69) is 31.1 Å². The highest BCUT2D eigenvalue weighted by Gasteiger charge is 2.22. The van der Waals surface area contributed by atoms with Crippen LogP contribution in [0.3, 0.4) is 0 Å². The Morgan fingerprint density at radius 3 is 2.48 bits per heavy atom. The molecule has 0 radical (unpaired) electrons. The van der Waals surface area contributed by atoms with E-state index in [9.17, 15) is 0 Å². The van der Waals surface area contributed by atoms with Crippen LogP contribution in [0.5, 0.6) is 5.75 Å². The zero-order valence-electron chi connectivity index (χ0n) is 14.3. The number of aromatic nitrogens is 1. The lowest BCUT2D eigenvalue weighted by Crippen LogP contribution is -2.43. The van der Waals surface area contributed by atoms with E-state index >= 15 is 0 Å². The number of ether oxygens (including phenoxy) is 2. The number of aryl methyl sites for hydroxylation is 1. The maximum Gasteiger partial charge on any atom is 0.128 e. The van der Waals surface area contributed by atoms with E-state index in [4.69, 9.17) is 9.47 Å². The molecule has 0 saturated heterocycles. The molecule has 4 nitrogen and oxygen atoms in total. The van der Waals surface area contributed by atoms with Gasteiger partial charge in [-0.3, -0.25) is 4.98 Å². The molecule has 1 rings (SSSR count). The predicted octanol–water partition coefficient (Wildman–Crippen LogP) is 3.04. The summed E-state index contributed by atoms with van der Waals surface area (Å²) >= 11 is 0. The van der Waals surface area contributed by atoms with Crippen molar-refractivity contribution in [1.29, 1.82) is 0 Å². The van der Waals surface area contributed by atoms with Crippen LogP contribution in [-0.4, -0.2) is 37.9 Å². The highest BCUT2D eigenvalue weighted by molar-refractivity contribution is 5.41. The smallest absolute Gasteiger partial charge is 0.128 e. The lowest BCUT2D eigenvalue weighted by Gasteiger charge is -2.27. The molecule has 0 aliphatic rings. The Morgan fingerprint density at radius 2 is 1.95 bits per heavy atom. The molecule has 0 saturated carbocycles. The first kappa shape index (κ1) is 17.9. The van der Waals surface area contributed by atoms with Crippen LogP contribution in [0.4, 0.5) is 0 Å². The molecule has 1 aromatic heterocycles. The lowest BCUT2D eigenvalue weighted by atomic mass is 9.99. The van der Waals surface area contributed by atoms with Crippen LogP contribution in [0.25, 0.3) is 0 Å². The van der Waals surface area contributed by atoms with Gasteiger partial charge in [-0.05, 0) is 33.2 Å². The van der Waals surface area contributed by atoms with Crippen molar-refractivity contribution in [3.05, 3.63) is 23.0 Å². The fourth-order valence-electron chi connectivity index (χ4n) is 2.77. The van der Waals surface area contributed by atoms with Gasteiger partial charge in [-0.2, -0.15) is 0 Å². The molecule has 0 aromatic carbocycles. The van der Waals surface area contributed by atoms with E-state index in [0.717, 1.165) is 48.4 Å². The molecule has 0 aliphatic carbocycles. The van der Waals surface area contributed by atoms with E-state index in [0.29, 0.717) is 0 Å². The number of hydrogen-bond acceptors (Lipinski definition) is 4. The maximum absolute atomic E-state index is 5.63. The van der Waals surface area contributed by atoms with E-state index in [1.54, 1.807) is 14.2 Å². The highest BCUT2D eigenvalue weighted by Crippen LogP contribution is 2.25. The first-order valence-corrected chi connectivity index (χ1v) is 7.84. The van der Waals surface area contributed by atoms with Gasteiger partial charge in [-0.15, -0.1) is 0 Å². The molecule has 4 heteroatoms. The second-order valence-corrected chi connectivity index (χ2v) is 5.49. The van der Waals surface area contributed by atoms with Gasteiger partial charge in [0.2, 0.25) is 0 Å². The largest absolute Gasteiger partial charge is 0.496 e. The first-order valence-electron chi connectivity index (χ1n) is 7.84. The average Bonchev–Trinajstić information content (AvgIpc) is 2.48. The summed E-state index contributed by atoms with van der Waals surface area (Å²) in [5.41, 5.74) is 3.30. The van der Waals surface area contributed by atoms with Gasteiger partial charge in [0.1, 0.15) is 5.75 Å². The van der Waals surface area contributed by atoms with E-state index in [1.165, 1.54) is 0 Å². The van der Waals surface area contributed by atoms with Crippen molar-refractivity contribution in [2.45, 2.75) is 59.1 Å². The minimum atomic E-state index is 0.199. The summed E-state index contributed by atoms with van der Waals surface area (Å²) in [6.07, 6.45) is 5.05. The third kappa shape index (κ3) is 4.68. The van der Waals surface area contributed by atoms with E-state index in [-0.39, 0.29) is 12.1 Å².